The van der Waals surface area contributed by atoms with E-state index in [-0.39, 0.29) is 30.3 Å². The predicted octanol–water partition coefficient (Wildman–Crippen LogP) is 1.93. The zero-order chi connectivity index (χ0) is 26.3. The number of ketones is 2. The van der Waals surface area contributed by atoms with Crippen LogP contribution in [0.4, 0.5) is 0 Å². The monoisotopic (exact) mass is 500 g/mol. The molecule has 0 aromatic carbocycles. The first-order valence-corrected chi connectivity index (χ1v) is 13.1. The van der Waals surface area contributed by atoms with Crippen molar-refractivity contribution in [2.45, 2.75) is 108 Å². The molecule has 3 N–H and O–H groups in total. The van der Waals surface area contributed by atoms with Gasteiger partial charge in [-0.2, -0.15) is 0 Å². The van der Waals surface area contributed by atoms with Crippen LogP contribution in [0.15, 0.2) is 23.3 Å². The second kappa shape index (κ2) is 6.76. The fraction of sp³-hybridized carbons (Fsp3) is 0.750. The summed E-state index contributed by atoms with van der Waals surface area (Å²) in [6.45, 7) is 8.63. The fourth-order valence-corrected chi connectivity index (χ4v) is 9.24. The summed E-state index contributed by atoms with van der Waals surface area (Å²) < 4.78 is 11.6. The van der Waals surface area contributed by atoms with Crippen LogP contribution in [0.25, 0.3) is 0 Å². The second-order valence-corrected chi connectivity index (χ2v) is 12.9. The number of esters is 1. The lowest BCUT2D eigenvalue weighted by Gasteiger charge is -2.63. The average molecular weight is 501 g/mol. The van der Waals surface area contributed by atoms with Crippen LogP contribution in [0.2, 0.25) is 0 Å². The number of rotatable bonds is 2. The number of cyclic esters (lactones) is 1. The van der Waals surface area contributed by atoms with E-state index < -0.39 is 57.3 Å². The Morgan fingerprint density at radius 1 is 1.00 bits per heavy atom. The van der Waals surface area contributed by atoms with Gasteiger partial charge in [0.1, 0.15) is 17.3 Å². The maximum atomic E-state index is 13.3. The molecule has 6 aliphatic rings. The number of carbonyl (C=O) groups excluding carboxylic acids is 3. The highest BCUT2D eigenvalue weighted by atomic mass is 16.6. The molecule has 8 heteroatoms. The summed E-state index contributed by atoms with van der Waals surface area (Å²) in [6, 6.07) is 0. The highest BCUT2D eigenvalue weighted by Gasteiger charge is 2.84. The number of hydrogen-bond acceptors (Lipinski definition) is 8. The summed E-state index contributed by atoms with van der Waals surface area (Å²) in [7, 11) is 0. The molecule has 0 aromatic heterocycles. The van der Waals surface area contributed by atoms with Crippen molar-refractivity contribution in [3.05, 3.63) is 23.3 Å². The van der Waals surface area contributed by atoms with Crippen LogP contribution in [0.5, 0.6) is 0 Å². The maximum absolute atomic E-state index is 13.3. The molecule has 3 unspecified atom stereocenters. The molecule has 10 atom stereocenters. The summed E-state index contributed by atoms with van der Waals surface area (Å²) in [5, 5.41) is 36.7. The van der Waals surface area contributed by atoms with Gasteiger partial charge in [-0.3, -0.25) is 9.59 Å². The van der Waals surface area contributed by atoms with Crippen molar-refractivity contribution in [3.8, 4) is 0 Å². The van der Waals surface area contributed by atoms with Crippen molar-refractivity contribution in [1.29, 1.82) is 0 Å². The van der Waals surface area contributed by atoms with E-state index in [1.54, 1.807) is 13.8 Å². The number of aliphatic hydroxyl groups is 3. The summed E-state index contributed by atoms with van der Waals surface area (Å²) in [5.41, 5.74) is -7.03. The van der Waals surface area contributed by atoms with Gasteiger partial charge < -0.3 is 24.8 Å². The molecular formula is C28H36O8. The minimum Gasteiger partial charge on any atom is -0.455 e. The number of fused-ring (bicyclic) bond motifs is 4. The lowest BCUT2D eigenvalue weighted by molar-refractivity contribution is -0.282. The van der Waals surface area contributed by atoms with Gasteiger partial charge in [0, 0.05) is 17.4 Å². The van der Waals surface area contributed by atoms with Gasteiger partial charge in [-0.05, 0) is 83.8 Å². The standard InChI is InChI=1S/C28H36O8/c1-14-12-20(35-22(31)15(14)2)25(5,32)27(34)11-10-26(33)17-13-21-28(36-21)19(30)7-6-18(29)24(28,4)16(17)8-9-23(26,27)3/h6-7,16-17,20-21,32-34H,8-13H2,1-5H3/t16?,17?,20?,21-,23+,24+,25+,26-,27+,28-/m1/s1. The molecule has 36 heavy (non-hydrogen) atoms. The predicted molar refractivity (Wildman–Crippen MR) is 126 cm³/mol. The molecule has 196 valence electrons. The molecule has 0 amide bonds. The molecule has 2 aliphatic heterocycles. The summed E-state index contributed by atoms with van der Waals surface area (Å²) in [6.07, 6.45) is 3.13. The molecule has 4 aliphatic carbocycles. The summed E-state index contributed by atoms with van der Waals surface area (Å²) in [5.74, 6) is -1.54. The van der Waals surface area contributed by atoms with E-state index in [0.717, 1.165) is 5.57 Å². The topological polar surface area (TPSA) is 134 Å². The zero-order valence-corrected chi connectivity index (χ0v) is 21.6. The molecular weight excluding hydrogens is 464 g/mol. The number of epoxide rings is 1. The van der Waals surface area contributed by atoms with E-state index in [2.05, 4.69) is 0 Å². The van der Waals surface area contributed by atoms with Crippen LogP contribution in [-0.4, -0.2) is 67.5 Å². The SMILES string of the molecule is CC1=C(C)C(=O)OC([C@](C)(O)[C@]2(O)CC[C@@]3(O)C4C[C@H]5O[C@]56C(=O)C=CC(=O)[C@]6(C)C4CC[C@]23C)C1. The highest BCUT2D eigenvalue weighted by Crippen LogP contribution is 2.74. The number of allylic oxidation sites excluding steroid dienone is 1. The molecule has 4 fully saturated rings. The van der Waals surface area contributed by atoms with Gasteiger partial charge in [-0.15, -0.1) is 0 Å². The molecule has 2 heterocycles. The van der Waals surface area contributed by atoms with E-state index >= 15 is 0 Å². The summed E-state index contributed by atoms with van der Waals surface area (Å²) >= 11 is 0. The van der Waals surface area contributed by atoms with Crippen molar-refractivity contribution in [1.82, 2.24) is 0 Å². The smallest absolute Gasteiger partial charge is 0.334 e. The number of ether oxygens (including phenoxy) is 2. The van der Waals surface area contributed by atoms with Crippen molar-refractivity contribution in [2.75, 3.05) is 0 Å². The van der Waals surface area contributed by atoms with Crippen LogP contribution < -0.4 is 0 Å². The lowest BCUT2D eigenvalue weighted by Crippen LogP contribution is -2.73. The average Bonchev–Trinajstić information content (AvgIpc) is 3.51. The normalized spacial score (nSPS) is 53.2. The Balaban J connectivity index is 1.39. The third kappa shape index (κ3) is 2.35. The molecule has 1 saturated heterocycles. The van der Waals surface area contributed by atoms with E-state index in [1.165, 1.54) is 19.1 Å². The Bertz CT molecular complexity index is 1170. The number of carbonyl (C=O) groups is 3. The Morgan fingerprint density at radius 2 is 1.67 bits per heavy atom. The van der Waals surface area contributed by atoms with E-state index in [1.807, 2.05) is 13.8 Å². The maximum Gasteiger partial charge on any atom is 0.334 e. The van der Waals surface area contributed by atoms with Gasteiger partial charge in [0.05, 0.1) is 17.1 Å². The van der Waals surface area contributed by atoms with Gasteiger partial charge in [-0.1, -0.05) is 12.5 Å². The second-order valence-electron chi connectivity index (χ2n) is 12.9. The van der Waals surface area contributed by atoms with Gasteiger partial charge in [0.15, 0.2) is 17.2 Å². The largest absolute Gasteiger partial charge is 0.455 e. The molecule has 8 nitrogen and oxygen atoms in total. The van der Waals surface area contributed by atoms with E-state index in [4.69, 9.17) is 9.47 Å². The Kier molecular flexibility index (Phi) is 4.59. The molecule has 0 bridgehead atoms. The van der Waals surface area contributed by atoms with Crippen LogP contribution in [0.3, 0.4) is 0 Å². The van der Waals surface area contributed by atoms with E-state index in [9.17, 15) is 29.7 Å². The first kappa shape index (κ1) is 24.5. The van der Waals surface area contributed by atoms with Crippen LogP contribution >= 0.6 is 0 Å². The molecule has 1 spiro atoms. The van der Waals surface area contributed by atoms with Crippen LogP contribution in [0.1, 0.15) is 73.1 Å². The van der Waals surface area contributed by atoms with Crippen molar-refractivity contribution >= 4 is 17.5 Å². The summed E-state index contributed by atoms with van der Waals surface area (Å²) in [4.78, 5) is 38.7. The quantitative estimate of drug-likeness (QED) is 0.387. The fourth-order valence-electron chi connectivity index (χ4n) is 9.24. The molecule has 0 radical (unpaired) electrons. The Morgan fingerprint density at radius 3 is 2.33 bits per heavy atom. The first-order valence-electron chi connectivity index (χ1n) is 13.1. The van der Waals surface area contributed by atoms with E-state index in [0.29, 0.717) is 31.3 Å². The third-order valence-electron chi connectivity index (χ3n) is 11.9. The number of hydrogen-bond donors (Lipinski definition) is 3. The van der Waals surface area contributed by atoms with Crippen molar-refractivity contribution in [3.63, 3.8) is 0 Å². The third-order valence-corrected chi connectivity index (χ3v) is 11.9. The Hall–Kier alpha value is -1.87. The van der Waals surface area contributed by atoms with Gasteiger partial charge in [-0.25, -0.2) is 4.79 Å². The van der Waals surface area contributed by atoms with Gasteiger partial charge in [0.25, 0.3) is 0 Å². The molecule has 6 rings (SSSR count). The molecule has 3 saturated carbocycles. The Labute approximate surface area is 210 Å². The van der Waals surface area contributed by atoms with Crippen molar-refractivity contribution in [2.24, 2.45) is 22.7 Å². The zero-order valence-electron chi connectivity index (χ0n) is 21.6. The minimum absolute atomic E-state index is 0.117. The van der Waals surface area contributed by atoms with Crippen molar-refractivity contribution < 1.29 is 39.2 Å². The highest BCUT2D eigenvalue weighted by molar-refractivity contribution is 6.15. The lowest BCUT2D eigenvalue weighted by atomic mass is 9.42. The van der Waals surface area contributed by atoms with Crippen LogP contribution in [-0.2, 0) is 23.9 Å². The van der Waals surface area contributed by atoms with Crippen LogP contribution in [0, 0.1) is 22.7 Å². The first-order chi connectivity index (χ1) is 16.6. The van der Waals surface area contributed by atoms with Gasteiger partial charge >= 0.3 is 5.97 Å². The molecule has 0 aromatic rings. The minimum atomic E-state index is -1.82. The van der Waals surface area contributed by atoms with Gasteiger partial charge in [0.2, 0.25) is 0 Å².